The van der Waals surface area contributed by atoms with E-state index in [9.17, 15) is 14.9 Å². The zero-order valence-corrected chi connectivity index (χ0v) is 12.4. The van der Waals surface area contributed by atoms with Crippen LogP contribution in [0.1, 0.15) is 53.4 Å². The van der Waals surface area contributed by atoms with E-state index in [0.29, 0.717) is 12.8 Å². The number of hydrogen-bond donors (Lipinski definition) is 2. The molecule has 19 heavy (non-hydrogen) atoms. The van der Waals surface area contributed by atoms with Gasteiger partial charge in [0.2, 0.25) is 11.8 Å². The highest BCUT2D eigenvalue weighted by molar-refractivity contribution is 5.86. The molecule has 0 aromatic rings. The Labute approximate surface area is 115 Å². The highest BCUT2D eigenvalue weighted by Crippen LogP contribution is 2.29. The molecule has 0 fully saturated rings. The van der Waals surface area contributed by atoms with E-state index in [-0.39, 0.29) is 12.5 Å². The van der Waals surface area contributed by atoms with Gasteiger partial charge in [-0.1, -0.05) is 26.7 Å². The molecule has 0 heterocycles. The maximum absolute atomic E-state index is 12.3. The Bertz CT molecular complexity index is 363. The Kier molecular flexibility index (Phi) is 6.54. The van der Waals surface area contributed by atoms with Gasteiger partial charge in [0, 0.05) is 6.54 Å². The zero-order chi connectivity index (χ0) is 15.1. The van der Waals surface area contributed by atoms with Gasteiger partial charge in [-0.2, -0.15) is 5.26 Å². The van der Waals surface area contributed by atoms with Crippen molar-refractivity contribution in [2.45, 2.75) is 53.4 Å². The van der Waals surface area contributed by atoms with Gasteiger partial charge in [0.25, 0.3) is 0 Å². The van der Waals surface area contributed by atoms with E-state index < -0.39 is 16.7 Å². The SMILES string of the molecule is CCCC(C#N)(CCC)C(=O)NCC(C)(C)C(N)=O. The van der Waals surface area contributed by atoms with E-state index in [2.05, 4.69) is 11.4 Å². The van der Waals surface area contributed by atoms with Crippen molar-refractivity contribution in [2.75, 3.05) is 6.54 Å². The summed E-state index contributed by atoms with van der Waals surface area (Å²) in [5.74, 6) is -0.769. The second-order valence-corrected chi connectivity index (χ2v) is 5.62. The van der Waals surface area contributed by atoms with Crippen LogP contribution >= 0.6 is 0 Å². The Morgan fingerprint density at radius 3 is 2.00 bits per heavy atom. The van der Waals surface area contributed by atoms with Crippen LogP contribution in [-0.4, -0.2) is 18.4 Å². The molecule has 3 N–H and O–H groups in total. The number of primary amides is 1. The molecule has 2 amide bonds. The van der Waals surface area contributed by atoms with Crippen LogP contribution < -0.4 is 11.1 Å². The smallest absolute Gasteiger partial charge is 0.240 e. The van der Waals surface area contributed by atoms with Crippen molar-refractivity contribution in [3.63, 3.8) is 0 Å². The molecule has 0 bridgehead atoms. The maximum atomic E-state index is 12.3. The monoisotopic (exact) mass is 267 g/mol. The molecule has 0 aliphatic heterocycles. The third-order valence-corrected chi connectivity index (χ3v) is 3.36. The highest BCUT2D eigenvalue weighted by Gasteiger charge is 2.38. The summed E-state index contributed by atoms with van der Waals surface area (Å²) in [4.78, 5) is 23.5. The predicted molar refractivity (Wildman–Crippen MR) is 73.8 cm³/mol. The van der Waals surface area contributed by atoms with E-state index in [0.717, 1.165) is 12.8 Å². The molecule has 0 saturated carbocycles. The number of nitriles is 1. The number of nitrogens with two attached hydrogens (primary N) is 1. The fraction of sp³-hybridized carbons (Fsp3) is 0.786. The number of carbonyl (C=O) groups excluding carboxylic acids is 2. The van der Waals surface area contributed by atoms with Crippen molar-refractivity contribution in [1.82, 2.24) is 5.32 Å². The first-order valence-electron chi connectivity index (χ1n) is 6.75. The predicted octanol–water partition coefficient (Wildman–Crippen LogP) is 1.72. The van der Waals surface area contributed by atoms with Crippen LogP contribution in [0.15, 0.2) is 0 Å². The van der Waals surface area contributed by atoms with Crippen molar-refractivity contribution < 1.29 is 9.59 Å². The summed E-state index contributed by atoms with van der Waals surface area (Å²) >= 11 is 0. The zero-order valence-electron chi connectivity index (χ0n) is 12.4. The summed E-state index contributed by atoms with van der Waals surface area (Å²) in [5.41, 5.74) is 3.46. The molecule has 0 aromatic carbocycles. The Morgan fingerprint density at radius 1 is 1.21 bits per heavy atom. The van der Waals surface area contributed by atoms with E-state index in [4.69, 9.17) is 5.73 Å². The molecule has 0 aliphatic carbocycles. The van der Waals surface area contributed by atoms with E-state index in [1.54, 1.807) is 13.8 Å². The summed E-state index contributed by atoms with van der Waals surface area (Å²) < 4.78 is 0. The van der Waals surface area contributed by atoms with Crippen LogP contribution in [0.4, 0.5) is 0 Å². The molecule has 5 heteroatoms. The molecular weight excluding hydrogens is 242 g/mol. The average Bonchev–Trinajstić information content (AvgIpc) is 2.35. The molecule has 0 atom stereocenters. The second kappa shape index (κ2) is 7.13. The van der Waals surface area contributed by atoms with Crippen molar-refractivity contribution in [1.29, 1.82) is 5.26 Å². The summed E-state index contributed by atoms with van der Waals surface area (Å²) in [6, 6.07) is 2.15. The molecule has 108 valence electrons. The van der Waals surface area contributed by atoms with Crippen molar-refractivity contribution in [3.8, 4) is 6.07 Å². The van der Waals surface area contributed by atoms with Gasteiger partial charge in [-0.15, -0.1) is 0 Å². The number of hydrogen-bond acceptors (Lipinski definition) is 3. The molecule has 5 nitrogen and oxygen atoms in total. The van der Waals surface area contributed by atoms with Crippen molar-refractivity contribution >= 4 is 11.8 Å². The first-order chi connectivity index (χ1) is 8.75. The third-order valence-electron chi connectivity index (χ3n) is 3.36. The van der Waals surface area contributed by atoms with E-state index in [1.807, 2.05) is 13.8 Å². The maximum Gasteiger partial charge on any atom is 0.240 e. The largest absolute Gasteiger partial charge is 0.369 e. The Morgan fingerprint density at radius 2 is 1.68 bits per heavy atom. The average molecular weight is 267 g/mol. The highest BCUT2D eigenvalue weighted by atomic mass is 16.2. The summed E-state index contributed by atoms with van der Waals surface area (Å²) in [5, 5.41) is 12.0. The molecule has 0 aliphatic rings. The summed E-state index contributed by atoms with van der Waals surface area (Å²) in [7, 11) is 0. The normalized spacial score (nSPS) is 11.7. The lowest BCUT2D eigenvalue weighted by atomic mass is 9.79. The van der Waals surface area contributed by atoms with Gasteiger partial charge in [-0.05, 0) is 26.7 Å². The number of rotatable bonds is 8. The van der Waals surface area contributed by atoms with Crippen LogP contribution in [0, 0.1) is 22.2 Å². The van der Waals surface area contributed by atoms with Crippen LogP contribution in [0.5, 0.6) is 0 Å². The number of nitrogens with one attached hydrogen (secondary N) is 1. The number of nitrogens with zero attached hydrogens (tertiary/aromatic N) is 1. The minimum atomic E-state index is -0.989. The van der Waals surface area contributed by atoms with E-state index in [1.165, 1.54) is 0 Å². The fourth-order valence-electron chi connectivity index (χ4n) is 1.93. The minimum Gasteiger partial charge on any atom is -0.369 e. The Hall–Kier alpha value is -1.57. The molecular formula is C14H25N3O2. The Balaban J connectivity index is 4.85. The van der Waals surface area contributed by atoms with Crippen molar-refractivity contribution in [3.05, 3.63) is 0 Å². The quantitative estimate of drug-likeness (QED) is 0.700. The number of carbonyl (C=O) groups is 2. The molecule has 0 spiro atoms. The van der Waals surface area contributed by atoms with Gasteiger partial charge in [0.05, 0.1) is 11.5 Å². The lowest BCUT2D eigenvalue weighted by Crippen LogP contribution is -2.47. The standard InChI is InChI=1S/C14H25N3O2/c1-5-7-14(9-15,8-6-2)12(19)17-10-13(3,4)11(16)18/h5-8,10H2,1-4H3,(H2,16,18)(H,17,19). The first kappa shape index (κ1) is 17.4. The van der Waals surface area contributed by atoms with Gasteiger partial charge in [0.1, 0.15) is 5.41 Å². The summed E-state index contributed by atoms with van der Waals surface area (Å²) in [6.45, 7) is 7.38. The minimum absolute atomic E-state index is 0.151. The molecule has 0 aromatic heterocycles. The summed E-state index contributed by atoms with van der Waals surface area (Å²) in [6.07, 6.45) is 2.58. The molecule has 0 saturated heterocycles. The van der Waals surface area contributed by atoms with Gasteiger partial charge >= 0.3 is 0 Å². The molecule has 0 rings (SSSR count). The van der Waals surface area contributed by atoms with Gasteiger partial charge in [0.15, 0.2) is 0 Å². The lowest BCUT2D eigenvalue weighted by Gasteiger charge is -2.27. The van der Waals surface area contributed by atoms with Crippen LogP contribution in [0.25, 0.3) is 0 Å². The third kappa shape index (κ3) is 4.55. The van der Waals surface area contributed by atoms with Crippen LogP contribution in [0.2, 0.25) is 0 Å². The van der Waals surface area contributed by atoms with Gasteiger partial charge < -0.3 is 11.1 Å². The fourth-order valence-corrected chi connectivity index (χ4v) is 1.93. The van der Waals surface area contributed by atoms with Gasteiger partial charge in [-0.25, -0.2) is 0 Å². The van der Waals surface area contributed by atoms with Gasteiger partial charge in [-0.3, -0.25) is 9.59 Å². The van der Waals surface area contributed by atoms with Crippen LogP contribution in [0.3, 0.4) is 0 Å². The first-order valence-corrected chi connectivity index (χ1v) is 6.75. The molecule has 0 unspecified atom stereocenters. The van der Waals surface area contributed by atoms with E-state index >= 15 is 0 Å². The van der Waals surface area contributed by atoms with Crippen LogP contribution in [-0.2, 0) is 9.59 Å². The van der Waals surface area contributed by atoms with Crippen molar-refractivity contribution in [2.24, 2.45) is 16.6 Å². The lowest BCUT2D eigenvalue weighted by molar-refractivity contribution is -0.130. The second-order valence-electron chi connectivity index (χ2n) is 5.62. The molecule has 0 radical (unpaired) electrons. The number of amides is 2. The topological polar surface area (TPSA) is 96.0 Å².